The number of halogens is 5. The predicted molar refractivity (Wildman–Crippen MR) is 90.5 cm³/mol. The molecule has 11 heteroatoms. The van der Waals surface area contributed by atoms with Crippen LogP contribution in [-0.2, 0) is 16.9 Å². The third-order valence-electron chi connectivity index (χ3n) is 4.15. The van der Waals surface area contributed by atoms with E-state index in [0.717, 1.165) is 0 Å². The number of amides is 1. The molecule has 0 bridgehead atoms. The number of nitrogens with zero attached hydrogens (tertiary/aromatic N) is 1. The molecule has 152 valence electrons. The first-order valence-corrected chi connectivity index (χ1v) is 8.05. The Morgan fingerprint density at radius 1 is 1.10 bits per heavy atom. The number of rotatable bonds is 4. The molecule has 1 aromatic heterocycles. The van der Waals surface area contributed by atoms with Crippen LogP contribution >= 0.6 is 0 Å². The number of nitrogens with one attached hydrogen (secondary N) is 2. The number of aliphatic hydroxyl groups is 1. The second-order valence-electron chi connectivity index (χ2n) is 6.05. The van der Waals surface area contributed by atoms with Gasteiger partial charge in [0.25, 0.3) is 17.1 Å². The van der Waals surface area contributed by atoms with E-state index >= 15 is 0 Å². The van der Waals surface area contributed by atoms with E-state index < -0.39 is 47.0 Å². The molecule has 1 heterocycles. The first-order chi connectivity index (χ1) is 13.5. The summed E-state index contributed by atoms with van der Waals surface area (Å²) in [5.41, 5.74) is -5.70. The van der Waals surface area contributed by atoms with E-state index in [4.69, 9.17) is 0 Å². The van der Waals surface area contributed by atoms with E-state index in [1.807, 2.05) is 5.32 Å². The van der Waals surface area contributed by atoms with Gasteiger partial charge in [0.1, 0.15) is 5.82 Å². The Kier molecular flexibility index (Phi) is 5.09. The van der Waals surface area contributed by atoms with Crippen LogP contribution < -0.4 is 10.9 Å². The smallest absolute Gasteiger partial charge is 0.369 e. The molecule has 6 nitrogen and oxygen atoms in total. The van der Waals surface area contributed by atoms with Crippen molar-refractivity contribution in [2.45, 2.75) is 18.3 Å². The molecule has 0 unspecified atom stereocenters. The molecule has 1 amide bonds. The number of para-hydroxylation sites is 1. The Morgan fingerprint density at radius 2 is 1.79 bits per heavy atom. The van der Waals surface area contributed by atoms with Gasteiger partial charge in [-0.25, -0.2) is 13.8 Å². The minimum Gasteiger partial charge on any atom is -0.369 e. The van der Waals surface area contributed by atoms with Crippen LogP contribution in [0.4, 0.5) is 22.0 Å². The molecular weight excluding hydrogens is 401 g/mol. The molecule has 0 spiro atoms. The Balaban J connectivity index is 1.92. The molecule has 29 heavy (non-hydrogen) atoms. The average molecular weight is 413 g/mol. The van der Waals surface area contributed by atoms with Crippen LogP contribution in [0.25, 0.3) is 10.9 Å². The fourth-order valence-electron chi connectivity index (χ4n) is 2.66. The zero-order chi connectivity index (χ0) is 21.4. The Hall–Kier alpha value is -3.34. The number of aromatic nitrogens is 2. The van der Waals surface area contributed by atoms with Gasteiger partial charge in [0.05, 0.1) is 17.4 Å². The van der Waals surface area contributed by atoms with Gasteiger partial charge in [-0.1, -0.05) is 18.2 Å². The fraction of sp³-hybridized carbons (Fsp3) is 0.167. The van der Waals surface area contributed by atoms with Crippen molar-refractivity contribution >= 4 is 16.8 Å². The third kappa shape index (κ3) is 3.68. The number of alkyl halides is 3. The van der Waals surface area contributed by atoms with Crippen molar-refractivity contribution in [3.05, 3.63) is 75.8 Å². The van der Waals surface area contributed by atoms with Crippen LogP contribution in [0.3, 0.4) is 0 Å². The van der Waals surface area contributed by atoms with Crippen LogP contribution in [0.5, 0.6) is 0 Å². The SMILES string of the molecule is O=C(NCc1nc2ccccc2c(=O)[nH]1)[C@](O)(c1ccc(F)c(F)c1)C(F)(F)F. The van der Waals surface area contributed by atoms with Crippen molar-refractivity contribution in [1.82, 2.24) is 15.3 Å². The number of fused-ring (bicyclic) bond motifs is 1. The molecule has 0 aliphatic carbocycles. The van der Waals surface area contributed by atoms with Gasteiger partial charge in [-0.05, 0) is 24.3 Å². The van der Waals surface area contributed by atoms with Crippen molar-refractivity contribution in [2.24, 2.45) is 0 Å². The highest BCUT2D eigenvalue weighted by Gasteiger charge is 2.61. The van der Waals surface area contributed by atoms with Crippen molar-refractivity contribution in [3.63, 3.8) is 0 Å². The highest BCUT2D eigenvalue weighted by Crippen LogP contribution is 2.39. The zero-order valence-corrected chi connectivity index (χ0v) is 14.3. The summed E-state index contributed by atoms with van der Waals surface area (Å²) in [4.78, 5) is 30.5. The molecule has 3 rings (SSSR count). The normalized spacial score (nSPS) is 13.9. The van der Waals surface area contributed by atoms with Crippen molar-refractivity contribution in [3.8, 4) is 0 Å². The molecule has 0 saturated carbocycles. The maximum Gasteiger partial charge on any atom is 0.430 e. The maximum atomic E-state index is 13.5. The monoisotopic (exact) mass is 413 g/mol. The minimum atomic E-state index is -5.55. The van der Waals surface area contributed by atoms with E-state index in [-0.39, 0.29) is 22.8 Å². The summed E-state index contributed by atoms with van der Waals surface area (Å²) in [7, 11) is 0. The number of hydrogen-bond acceptors (Lipinski definition) is 4. The van der Waals surface area contributed by atoms with Gasteiger partial charge in [0.15, 0.2) is 11.6 Å². The zero-order valence-electron chi connectivity index (χ0n) is 14.3. The molecule has 2 aromatic carbocycles. The number of carbonyl (C=O) groups is 1. The quantitative estimate of drug-likeness (QED) is 0.572. The van der Waals surface area contributed by atoms with E-state index in [0.29, 0.717) is 12.1 Å². The van der Waals surface area contributed by atoms with E-state index in [2.05, 4.69) is 9.97 Å². The minimum absolute atomic E-state index is 0.0819. The topological polar surface area (TPSA) is 95.1 Å². The lowest BCUT2D eigenvalue weighted by atomic mass is 9.91. The Morgan fingerprint density at radius 3 is 2.45 bits per heavy atom. The molecular formula is C18H12F5N3O3. The van der Waals surface area contributed by atoms with Crippen LogP contribution in [-0.4, -0.2) is 27.2 Å². The van der Waals surface area contributed by atoms with E-state index in [1.54, 1.807) is 12.1 Å². The lowest BCUT2D eigenvalue weighted by Gasteiger charge is -2.29. The second-order valence-corrected chi connectivity index (χ2v) is 6.05. The maximum absolute atomic E-state index is 13.5. The van der Waals surface area contributed by atoms with Crippen LogP contribution in [0.1, 0.15) is 11.4 Å². The summed E-state index contributed by atoms with van der Waals surface area (Å²) in [5, 5.41) is 12.1. The first-order valence-electron chi connectivity index (χ1n) is 8.05. The number of H-pyrrole nitrogens is 1. The van der Waals surface area contributed by atoms with Gasteiger partial charge in [0.2, 0.25) is 0 Å². The van der Waals surface area contributed by atoms with Gasteiger partial charge < -0.3 is 15.4 Å². The van der Waals surface area contributed by atoms with Gasteiger partial charge in [-0.15, -0.1) is 0 Å². The summed E-state index contributed by atoms with van der Waals surface area (Å²) < 4.78 is 66.8. The van der Waals surface area contributed by atoms with Gasteiger partial charge in [-0.2, -0.15) is 13.2 Å². The summed E-state index contributed by atoms with van der Waals surface area (Å²) in [5.74, 6) is -5.24. The largest absolute Gasteiger partial charge is 0.430 e. The first kappa shape index (κ1) is 20.4. The number of carbonyl (C=O) groups excluding carboxylic acids is 1. The van der Waals surface area contributed by atoms with Crippen molar-refractivity contribution in [1.29, 1.82) is 0 Å². The Bertz CT molecular complexity index is 1150. The fourth-order valence-corrected chi connectivity index (χ4v) is 2.66. The molecule has 3 N–H and O–H groups in total. The standard InChI is InChI=1S/C18H12F5N3O3/c19-11-6-5-9(7-12(11)20)17(29,18(21,22)23)16(28)24-8-14-25-13-4-2-1-3-10(13)15(27)26-14/h1-7,29H,8H2,(H,24,28)(H,25,26,27)/t17-/m1/s1. The lowest BCUT2D eigenvalue weighted by Crippen LogP contribution is -2.54. The summed E-state index contributed by atoms with van der Waals surface area (Å²) in [6, 6.07) is 7.03. The highest BCUT2D eigenvalue weighted by atomic mass is 19.4. The summed E-state index contributed by atoms with van der Waals surface area (Å²) >= 11 is 0. The van der Waals surface area contributed by atoms with Crippen LogP contribution in [0.15, 0.2) is 47.3 Å². The second kappa shape index (κ2) is 7.24. The third-order valence-corrected chi connectivity index (χ3v) is 4.15. The van der Waals surface area contributed by atoms with Crippen LogP contribution in [0, 0.1) is 11.6 Å². The Labute approximate surface area is 159 Å². The van der Waals surface area contributed by atoms with E-state index in [9.17, 15) is 36.6 Å². The van der Waals surface area contributed by atoms with Gasteiger partial charge in [-0.3, -0.25) is 9.59 Å². The van der Waals surface area contributed by atoms with Crippen molar-refractivity contribution in [2.75, 3.05) is 0 Å². The van der Waals surface area contributed by atoms with Gasteiger partial charge >= 0.3 is 6.18 Å². The van der Waals surface area contributed by atoms with E-state index in [1.165, 1.54) is 12.1 Å². The lowest BCUT2D eigenvalue weighted by molar-refractivity contribution is -0.257. The summed E-state index contributed by atoms with van der Waals surface area (Å²) in [6.07, 6.45) is -5.55. The molecule has 0 saturated heterocycles. The predicted octanol–water partition coefficient (Wildman–Crippen LogP) is 2.27. The van der Waals surface area contributed by atoms with Crippen LogP contribution in [0.2, 0.25) is 0 Å². The molecule has 1 atom stereocenters. The molecule has 3 aromatic rings. The molecule has 0 fully saturated rings. The average Bonchev–Trinajstić information content (AvgIpc) is 2.66. The number of aromatic amines is 1. The molecule has 0 aliphatic rings. The summed E-state index contributed by atoms with van der Waals surface area (Å²) in [6.45, 7) is -0.666. The van der Waals surface area contributed by atoms with Crippen molar-refractivity contribution < 1.29 is 31.9 Å². The van der Waals surface area contributed by atoms with Gasteiger partial charge in [0, 0.05) is 5.56 Å². The number of hydrogen-bond donors (Lipinski definition) is 3. The molecule has 0 aliphatic heterocycles. The molecule has 0 radical (unpaired) electrons. The number of benzene rings is 2. The highest BCUT2D eigenvalue weighted by molar-refractivity contribution is 5.87.